The van der Waals surface area contributed by atoms with Gasteiger partial charge in [-0.2, -0.15) is 0 Å². The second-order valence-corrected chi connectivity index (χ2v) is 6.26. The third kappa shape index (κ3) is 3.68. The van der Waals surface area contributed by atoms with Crippen LogP contribution in [0, 0.1) is 12.7 Å². The lowest BCUT2D eigenvalue weighted by atomic mass is 10.1. The van der Waals surface area contributed by atoms with E-state index in [2.05, 4.69) is 21.4 Å². The van der Waals surface area contributed by atoms with Gasteiger partial charge in [0.2, 0.25) is 0 Å². The van der Waals surface area contributed by atoms with Crippen LogP contribution in [0.3, 0.4) is 0 Å². The van der Waals surface area contributed by atoms with Crippen molar-refractivity contribution in [2.24, 2.45) is 0 Å². The Labute approximate surface area is 141 Å². The molecule has 1 heterocycles. The molecule has 0 saturated heterocycles. The van der Waals surface area contributed by atoms with Gasteiger partial charge in [0.15, 0.2) is 0 Å². The van der Waals surface area contributed by atoms with E-state index in [-0.39, 0.29) is 5.82 Å². The minimum absolute atomic E-state index is 0.175. The van der Waals surface area contributed by atoms with E-state index in [1.165, 1.54) is 0 Å². The number of halogens is 1. The van der Waals surface area contributed by atoms with Crippen molar-refractivity contribution in [3.63, 3.8) is 0 Å². The summed E-state index contributed by atoms with van der Waals surface area (Å²) in [5.74, 6) is 0.591. The van der Waals surface area contributed by atoms with Crippen molar-refractivity contribution < 1.29 is 4.39 Å². The summed E-state index contributed by atoms with van der Waals surface area (Å²) in [6.45, 7) is 3.14. The van der Waals surface area contributed by atoms with E-state index in [4.69, 9.17) is 0 Å². The predicted molar refractivity (Wildman–Crippen MR) is 95.4 cm³/mol. The Kier molecular flexibility index (Phi) is 4.71. The van der Waals surface area contributed by atoms with Gasteiger partial charge >= 0.3 is 0 Å². The Morgan fingerprint density at radius 2 is 1.92 bits per heavy atom. The van der Waals surface area contributed by atoms with Gasteiger partial charge in [0.1, 0.15) is 18.0 Å². The van der Waals surface area contributed by atoms with Crippen LogP contribution in [0.25, 0.3) is 10.9 Å². The summed E-state index contributed by atoms with van der Waals surface area (Å²) >= 11 is 0. The molecular formula is C19H21FN4. The second-order valence-electron chi connectivity index (χ2n) is 6.26. The maximum Gasteiger partial charge on any atom is 0.137 e. The molecule has 24 heavy (non-hydrogen) atoms. The summed E-state index contributed by atoms with van der Waals surface area (Å²) in [5, 5.41) is 4.26. The van der Waals surface area contributed by atoms with E-state index in [9.17, 15) is 4.39 Å². The SMILES string of the molecule is Cc1ccc2ncnc(NCc3ccc(CN(C)C)c(F)c3)c2c1. The van der Waals surface area contributed by atoms with Gasteiger partial charge in [-0.05, 0) is 44.8 Å². The number of anilines is 1. The molecule has 0 bridgehead atoms. The van der Waals surface area contributed by atoms with Crippen molar-refractivity contribution in [3.05, 3.63) is 65.2 Å². The average Bonchev–Trinajstić information content (AvgIpc) is 2.55. The third-order valence-corrected chi connectivity index (χ3v) is 3.85. The fourth-order valence-corrected chi connectivity index (χ4v) is 2.67. The molecule has 0 spiro atoms. The minimum Gasteiger partial charge on any atom is -0.365 e. The van der Waals surface area contributed by atoms with Gasteiger partial charge in [-0.25, -0.2) is 14.4 Å². The van der Waals surface area contributed by atoms with E-state index in [1.807, 2.05) is 50.2 Å². The minimum atomic E-state index is -0.175. The molecular weight excluding hydrogens is 303 g/mol. The normalized spacial score (nSPS) is 11.2. The van der Waals surface area contributed by atoms with Crippen molar-refractivity contribution >= 4 is 16.7 Å². The standard InChI is InChI=1S/C19H21FN4/c1-13-4-7-18-16(8-13)19(23-12-22-18)21-10-14-5-6-15(11-24(2)3)17(20)9-14/h4-9,12H,10-11H2,1-3H3,(H,21,22,23). The summed E-state index contributed by atoms with van der Waals surface area (Å²) in [6.07, 6.45) is 1.54. The Balaban J connectivity index is 1.79. The maximum atomic E-state index is 14.2. The summed E-state index contributed by atoms with van der Waals surface area (Å²) in [7, 11) is 3.86. The topological polar surface area (TPSA) is 41.1 Å². The highest BCUT2D eigenvalue weighted by atomic mass is 19.1. The lowest BCUT2D eigenvalue weighted by molar-refractivity contribution is 0.392. The van der Waals surface area contributed by atoms with Gasteiger partial charge in [0.25, 0.3) is 0 Å². The number of hydrogen-bond acceptors (Lipinski definition) is 4. The van der Waals surface area contributed by atoms with E-state index in [0.717, 1.165) is 27.8 Å². The number of rotatable bonds is 5. The van der Waals surface area contributed by atoms with Crippen LogP contribution in [0.4, 0.5) is 10.2 Å². The smallest absolute Gasteiger partial charge is 0.137 e. The fraction of sp³-hybridized carbons (Fsp3) is 0.263. The quantitative estimate of drug-likeness (QED) is 0.776. The van der Waals surface area contributed by atoms with Crippen LogP contribution in [-0.4, -0.2) is 29.0 Å². The first-order valence-corrected chi connectivity index (χ1v) is 7.90. The lowest BCUT2D eigenvalue weighted by Crippen LogP contribution is -2.12. The highest BCUT2D eigenvalue weighted by Crippen LogP contribution is 2.21. The van der Waals surface area contributed by atoms with Crippen LogP contribution in [0.1, 0.15) is 16.7 Å². The molecule has 0 aliphatic rings. The first kappa shape index (κ1) is 16.3. The molecule has 0 fully saturated rings. The molecule has 0 aliphatic carbocycles. The summed E-state index contributed by atoms with van der Waals surface area (Å²) in [6, 6.07) is 11.4. The molecule has 2 aromatic carbocycles. The van der Waals surface area contributed by atoms with Crippen LogP contribution < -0.4 is 5.32 Å². The molecule has 3 aromatic rings. The zero-order chi connectivity index (χ0) is 17.1. The van der Waals surface area contributed by atoms with Crippen molar-refractivity contribution in [1.29, 1.82) is 0 Å². The zero-order valence-electron chi connectivity index (χ0n) is 14.2. The third-order valence-electron chi connectivity index (χ3n) is 3.85. The Morgan fingerprint density at radius 3 is 2.67 bits per heavy atom. The summed E-state index contributed by atoms with van der Waals surface area (Å²) < 4.78 is 14.2. The number of nitrogens with zero attached hydrogens (tertiary/aromatic N) is 3. The van der Waals surface area contributed by atoms with Crippen molar-refractivity contribution in [2.75, 3.05) is 19.4 Å². The van der Waals surface area contributed by atoms with Crippen LogP contribution in [0.15, 0.2) is 42.7 Å². The van der Waals surface area contributed by atoms with Crippen LogP contribution >= 0.6 is 0 Å². The molecule has 3 rings (SSSR count). The van der Waals surface area contributed by atoms with Gasteiger partial charge in [-0.15, -0.1) is 0 Å². The van der Waals surface area contributed by atoms with Gasteiger partial charge in [0, 0.05) is 24.0 Å². The van der Waals surface area contributed by atoms with Crippen LogP contribution in [0.5, 0.6) is 0 Å². The first-order chi connectivity index (χ1) is 11.5. The highest BCUT2D eigenvalue weighted by molar-refractivity contribution is 5.89. The zero-order valence-corrected chi connectivity index (χ0v) is 14.2. The highest BCUT2D eigenvalue weighted by Gasteiger charge is 2.07. The number of nitrogens with one attached hydrogen (secondary N) is 1. The molecule has 0 atom stereocenters. The van der Waals surface area contributed by atoms with Crippen molar-refractivity contribution in [3.8, 4) is 0 Å². The molecule has 0 unspecified atom stereocenters. The molecule has 4 nitrogen and oxygen atoms in total. The van der Waals surface area contributed by atoms with Crippen molar-refractivity contribution in [1.82, 2.24) is 14.9 Å². The van der Waals surface area contributed by atoms with Crippen LogP contribution in [-0.2, 0) is 13.1 Å². The van der Waals surface area contributed by atoms with E-state index < -0.39 is 0 Å². The van der Waals surface area contributed by atoms with Crippen LogP contribution in [0.2, 0.25) is 0 Å². The van der Waals surface area contributed by atoms with Gasteiger partial charge in [-0.1, -0.05) is 23.8 Å². The average molecular weight is 324 g/mol. The Morgan fingerprint density at radius 1 is 1.08 bits per heavy atom. The lowest BCUT2D eigenvalue weighted by Gasteiger charge is -2.12. The molecule has 0 amide bonds. The summed E-state index contributed by atoms with van der Waals surface area (Å²) in [4.78, 5) is 10.5. The molecule has 1 N–H and O–H groups in total. The number of aryl methyl sites for hydroxylation is 1. The van der Waals surface area contributed by atoms with Gasteiger partial charge < -0.3 is 10.2 Å². The molecule has 0 radical (unpaired) electrons. The molecule has 5 heteroatoms. The second kappa shape index (κ2) is 6.93. The first-order valence-electron chi connectivity index (χ1n) is 7.90. The monoisotopic (exact) mass is 324 g/mol. The molecule has 0 saturated carbocycles. The Hall–Kier alpha value is -2.53. The molecule has 124 valence electrons. The Bertz CT molecular complexity index is 861. The number of hydrogen-bond donors (Lipinski definition) is 1. The van der Waals surface area contributed by atoms with Gasteiger partial charge in [-0.3, -0.25) is 0 Å². The fourth-order valence-electron chi connectivity index (χ4n) is 2.67. The number of aromatic nitrogens is 2. The largest absolute Gasteiger partial charge is 0.365 e. The van der Waals surface area contributed by atoms with E-state index >= 15 is 0 Å². The van der Waals surface area contributed by atoms with E-state index in [1.54, 1.807) is 12.4 Å². The summed E-state index contributed by atoms with van der Waals surface area (Å²) in [5.41, 5.74) is 3.63. The van der Waals surface area contributed by atoms with E-state index in [0.29, 0.717) is 18.7 Å². The van der Waals surface area contributed by atoms with Crippen molar-refractivity contribution in [2.45, 2.75) is 20.0 Å². The molecule has 1 aromatic heterocycles. The molecule has 0 aliphatic heterocycles. The maximum absolute atomic E-state index is 14.2. The number of benzene rings is 2. The van der Waals surface area contributed by atoms with Gasteiger partial charge in [0.05, 0.1) is 5.52 Å². The number of fused-ring (bicyclic) bond motifs is 1. The predicted octanol–water partition coefficient (Wildman–Crippen LogP) is 3.75.